The van der Waals surface area contributed by atoms with Crippen LogP contribution in [0.5, 0.6) is 0 Å². The van der Waals surface area contributed by atoms with Crippen LogP contribution in [0.1, 0.15) is 35.1 Å². The van der Waals surface area contributed by atoms with E-state index in [9.17, 15) is 9.59 Å². The third-order valence-corrected chi connectivity index (χ3v) is 3.73. The molecule has 0 aliphatic heterocycles. The van der Waals surface area contributed by atoms with Crippen LogP contribution in [0, 0.1) is 0 Å². The van der Waals surface area contributed by atoms with Crippen LogP contribution in [0.3, 0.4) is 0 Å². The van der Waals surface area contributed by atoms with Crippen molar-refractivity contribution in [3.63, 3.8) is 0 Å². The number of aromatic nitrogens is 1. The Morgan fingerprint density at radius 3 is 2.80 bits per heavy atom. The summed E-state index contributed by atoms with van der Waals surface area (Å²) in [5, 5.41) is 0.628. The molecule has 1 aromatic heterocycles. The molecule has 0 saturated carbocycles. The number of ketones is 1. The van der Waals surface area contributed by atoms with Crippen LogP contribution in [0.2, 0.25) is 0 Å². The highest BCUT2D eigenvalue weighted by Crippen LogP contribution is 2.31. The van der Waals surface area contributed by atoms with Crippen LogP contribution in [0.4, 0.5) is 5.13 Å². The summed E-state index contributed by atoms with van der Waals surface area (Å²) in [5.41, 5.74) is 0.861. The molecule has 1 heterocycles. The number of fused-ring (bicyclic) bond motifs is 1. The lowest BCUT2D eigenvalue weighted by atomic mass is 10.0. The summed E-state index contributed by atoms with van der Waals surface area (Å²) in [7, 11) is 1.68. The van der Waals surface area contributed by atoms with E-state index in [0.29, 0.717) is 11.6 Å². The second kappa shape index (κ2) is 3.73. The molecule has 0 unspecified atom stereocenters. The van der Waals surface area contributed by atoms with Gasteiger partial charge >= 0.3 is 0 Å². The predicted molar refractivity (Wildman–Crippen MR) is 58.5 cm³/mol. The summed E-state index contributed by atoms with van der Waals surface area (Å²) in [5.74, 6) is 0.102. The van der Waals surface area contributed by atoms with E-state index in [0.717, 1.165) is 23.4 Å². The molecule has 2 rings (SSSR count). The molecule has 0 fully saturated rings. The fourth-order valence-corrected chi connectivity index (χ4v) is 2.62. The first-order valence-electron chi connectivity index (χ1n) is 4.87. The molecule has 0 atom stereocenters. The molecule has 1 aliphatic carbocycles. The molecule has 1 amide bonds. The van der Waals surface area contributed by atoms with Gasteiger partial charge in [0.25, 0.3) is 0 Å². The molecule has 0 N–H and O–H groups in total. The molecule has 0 aromatic carbocycles. The van der Waals surface area contributed by atoms with Crippen molar-refractivity contribution < 1.29 is 9.59 Å². The van der Waals surface area contributed by atoms with E-state index >= 15 is 0 Å². The van der Waals surface area contributed by atoms with Gasteiger partial charge in [0.2, 0.25) is 5.91 Å². The van der Waals surface area contributed by atoms with Crippen LogP contribution < -0.4 is 4.90 Å². The number of Topliss-reactive ketones (excluding diaryl/α,β-unsaturated/α-hetero) is 1. The summed E-state index contributed by atoms with van der Waals surface area (Å²) in [4.78, 5) is 29.3. The molecule has 0 saturated heterocycles. The van der Waals surface area contributed by atoms with Crippen molar-refractivity contribution in [2.45, 2.75) is 26.2 Å². The number of nitrogens with zero attached hydrogens (tertiary/aromatic N) is 2. The first-order valence-corrected chi connectivity index (χ1v) is 5.68. The topological polar surface area (TPSA) is 50.3 Å². The minimum Gasteiger partial charge on any atom is -0.293 e. The number of hydrogen-bond donors (Lipinski definition) is 0. The molecular weight excluding hydrogens is 212 g/mol. The number of carbonyl (C=O) groups is 2. The summed E-state index contributed by atoms with van der Waals surface area (Å²) in [6.45, 7) is 1.49. The van der Waals surface area contributed by atoms with E-state index in [4.69, 9.17) is 0 Å². The molecular formula is C10H12N2O2S. The molecule has 0 spiro atoms. The lowest BCUT2D eigenvalue weighted by Gasteiger charge is -2.09. The van der Waals surface area contributed by atoms with Gasteiger partial charge in [0.05, 0.1) is 10.6 Å². The average Bonchev–Trinajstić information content (AvgIpc) is 2.61. The Balaban J connectivity index is 2.37. The number of thiazole rings is 1. The molecule has 1 aromatic rings. The van der Waals surface area contributed by atoms with E-state index < -0.39 is 0 Å². The van der Waals surface area contributed by atoms with Gasteiger partial charge in [-0.1, -0.05) is 11.3 Å². The van der Waals surface area contributed by atoms with Crippen molar-refractivity contribution in [1.82, 2.24) is 4.98 Å². The van der Waals surface area contributed by atoms with Gasteiger partial charge in [-0.3, -0.25) is 14.5 Å². The second-order valence-electron chi connectivity index (χ2n) is 3.63. The molecule has 15 heavy (non-hydrogen) atoms. The van der Waals surface area contributed by atoms with Gasteiger partial charge in [-0.25, -0.2) is 4.98 Å². The highest BCUT2D eigenvalue weighted by molar-refractivity contribution is 7.17. The van der Waals surface area contributed by atoms with E-state index in [2.05, 4.69) is 4.98 Å². The van der Waals surface area contributed by atoms with E-state index in [-0.39, 0.29) is 11.7 Å². The van der Waals surface area contributed by atoms with E-state index in [1.165, 1.54) is 23.2 Å². The minimum absolute atomic E-state index is 0.0615. The first kappa shape index (κ1) is 10.3. The number of aryl methyl sites for hydroxylation is 1. The Labute approximate surface area is 91.9 Å². The zero-order chi connectivity index (χ0) is 11.0. The van der Waals surface area contributed by atoms with Crippen LogP contribution in [-0.4, -0.2) is 23.7 Å². The number of hydrogen-bond acceptors (Lipinski definition) is 4. The maximum Gasteiger partial charge on any atom is 0.225 e. The maximum atomic E-state index is 11.6. The summed E-state index contributed by atoms with van der Waals surface area (Å²) < 4.78 is 0. The first-order chi connectivity index (χ1) is 7.09. The van der Waals surface area contributed by atoms with Crippen LogP contribution >= 0.6 is 11.3 Å². The summed E-state index contributed by atoms with van der Waals surface area (Å²) in [6, 6.07) is 0. The number of carbonyl (C=O) groups excluding carboxylic acids is 2. The van der Waals surface area contributed by atoms with Gasteiger partial charge in [-0.15, -0.1) is 0 Å². The Morgan fingerprint density at radius 1 is 1.47 bits per heavy atom. The SMILES string of the molecule is CC(=O)N(C)c1nc2c(s1)C(=O)CCC2. The number of anilines is 1. The van der Waals surface area contributed by atoms with Crippen molar-refractivity contribution in [2.24, 2.45) is 0 Å². The lowest BCUT2D eigenvalue weighted by Crippen LogP contribution is -2.22. The highest BCUT2D eigenvalue weighted by Gasteiger charge is 2.23. The average molecular weight is 224 g/mol. The van der Waals surface area contributed by atoms with Crippen LogP contribution in [0.15, 0.2) is 0 Å². The van der Waals surface area contributed by atoms with Gasteiger partial charge < -0.3 is 0 Å². The van der Waals surface area contributed by atoms with E-state index in [1.54, 1.807) is 7.05 Å². The van der Waals surface area contributed by atoms with Gasteiger partial charge in [-0.05, 0) is 12.8 Å². The van der Waals surface area contributed by atoms with Gasteiger partial charge in [-0.2, -0.15) is 0 Å². The van der Waals surface area contributed by atoms with Crippen molar-refractivity contribution >= 4 is 28.2 Å². The van der Waals surface area contributed by atoms with Crippen molar-refractivity contribution in [3.8, 4) is 0 Å². The standard InChI is InChI=1S/C10H12N2O2S/c1-6(13)12(2)10-11-7-4-3-5-8(14)9(7)15-10/h3-5H2,1-2H3. The Hall–Kier alpha value is -1.23. The monoisotopic (exact) mass is 224 g/mol. The Bertz CT molecular complexity index is 425. The molecule has 4 nitrogen and oxygen atoms in total. The lowest BCUT2D eigenvalue weighted by molar-refractivity contribution is -0.116. The normalized spacial score (nSPS) is 14.9. The third kappa shape index (κ3) is 1.79. The summed E-state index contributed by atoms with van der Waals surface area (Å²) >= 11 is 1.32. The van der Waals surface area contributed by atoms with E-state index in [1.807, 2.05) is 0 Å². The smallest absolute Gasteiger partial charge is 0.225 e. The van der Waals surface area contributed by atoms with Crippen LogP contribution in [-0.2, 0) is 11.2 Å². The Morgan fingerprint density at radius 2 is 2.20 bits per heavy atom. The summed E-state index contributed by atoms with van der Waals surface area (Å²) in [6.07, 6.45) is 2.33. The minimum atomic E-state index is -0.0615. The zero-order valence-corrected chi connectivity index (χ0v) is 9.56. The quantitative estimate of drug-likeness (QED) is 0.728. The zero-order valence-electron chi connectivity index (χ0n) is 8.74. The van der Waals surface area contributed by atoms with Gasteiger partial charge in [0.15, 0.2) is 10.9 Å². The Kier molecular flexibility index (Phi) is 2.56. The second-order valence-corrected chi connectivity index (χ2v) is 4.60. The molecule has 0 radical (unpaired) electrons. The van der Waals surface area contributed by atoms with Crippen molar-refractivity contribution in [1.29, 1.82) is 0 Å². The third-order valence-electron chi connectivity index (χ3n) is 2.52. The molecule has 0 bridgehead atoms. The van der Waals surface area contributed by atoms with Gasteiger partial charge in [0, 0.05) is 20.4 Å². The highest BCUT2D eigenvalue weighted by atomic mass is 32.1. The molecule has 5 heteroatoms. The number of rotatable bonds is 1. The predicted octanol–water partition coefficient (Wildman–Crippen LogP) is 1.64. The van der Waals surface area contributed by atoms with Crippen LogP contribution in [0.25, 0.3) is 0 Å². The number of amides is 1. The van der Waals surface area contributed by atoms with Crippen molar-refractivity contribution in [2.75, 3.05) is 11.9 Å². The largest absolute Gasteiger partial charge is 0.293 e. The fourth-order valence-electron chi connectivity index (χ4n) is 1.53. The molecule has 1 aliphatic rings. The maximum absolute atomic E-state index is 11.6. The fraction of sp³-hybridized carbons (Fsp3) is 0.500. The molecule has 80 valence electrons. The van der Waals surface area contributed by atoms with Gasteiger partial charge in [0.1, 0.15) is 0 Å². The van der Waals surface area contributed by atoms with Crippen molar-refractivity contribution in [3.05, 3.63) is 10.6 Å².